The highest BCUT2D eigenvalue weighted by atomic mass is 16.3. The Hall–Kier alpha value is -1.85. The third kappa shape index (κ3) is 3.83. The third-order valence-corrected chi connectivity index (χ3v) is 3.89. The summed E-state index contributed by atoms with van der Waals surface area (Å²) >= 11 is 0. The molecule has 116 valence electrons. The van der Waals surface area contributed by atoms with Gasteiger partial charge in [0.1, 0.15) is 6.04 Å². The molecule has 6 nitrogen and oxygen atoms in total. The fourth-order valence-corrected chi connectivity index (χ4v) is 2.62. The molecule has 0 saturated heterocycles. The van der Waals surface area contributed by atoms with Crippen LogP contribution in [0.2, 0.25) is 0 Å². The Labute approximate surface area is 124 Å². The van der Waals surface area contributed by atoms with Crippen molar-refractivity contribution in [3.05, 3.63) is 17.8 Å². The van der Waals surface area contributed by atoms with Gasteiger partial charge in [0.25, 0.3) is 5.91 Å². The highest BCUT2D eigenvalue weighted by molar-refractivity contribution is 5.96. The molecular formula is C15H23N3O3. The van der Waals surface area contributed by atoms with Gasteiger partial charge in [-0.25, -0.2) is 4.98 Å². The Morgan fingerprint density at radius 1 is 1.33 bits per heavy atom. The number of aryl methyl sites for hydroxylation is 1. The monoisotopic (exact) mass is 293 g/mol. The first-order chi connectivity index (χ1) is 9.99. The average molecular weight is 293 g/mol. The number of nitrogens with zero attached hydrogens (tertiary/aromatic N) is 1. The summed E-state index contributed by atoms with van der Waals surface area (Å²) < 4.78 is 5.07. The molecule has 1 aliphatic carbocycles. The van der Waals surface area contributed by atoms with Crippen LogP contribution >= 0.6 is 0 Å². The van der Waals surface area contributed by atoms with Gasteiger partial charge in [-0.15, -0.1) is 0 Å². The zero-order chi connectivity index (χ0) is 15.4. The van der Waals surface area contributed by atoms with E-state index in [2.05, 4.69) is 15.6 Å². The van der Waals surface area contributed by atoms with E-state index in [0.29, 0.717) is 5.69 Å². The highest BCUT2D eigenvalue weighted by Gasteiger charge is 2.28. The minimum absolute atomic E-state index is 0.00131. The zero-order valence-corrected chi connectivity index (χ0v) is 12.8. The van der Waals surface area contributed by atoms with Gasteiger partial charge < -0.3 is 15.1 Å². The predicted molar refractivity (Wildman–Crippen MR) is 77.7 cm³/mol. The van der Waals surface area contributed by atoms with E-state index in [0.717, 1.165) is 25.7 Å². The molecule has 1 atom stereocenters. The summed E-state index contributed by atoms with van der Waals surface area (Å²) in [5.41, 5.74) is 0.520. The maximum Gasteiger partial charge on any atom is 0.289 e. The minimum Gasteiger partial charge on any atom is -0.438 e. The first-order valence-corrected chi connectivity index (χ1v) is 7.50. The van der Waals surface area contributed by atoms with E-state index in [1.807, 2.05) is 13.8 Å². The van der Waals surface area contributed by atoms with Crippen LogP contribution in [-0.2, 0) is 4.79 Å². The number of aromatic nitrogens is 1. The molecule has 1 aromatic rings. The molecule has 2 amide bonds. The van der Waals surface area contributed by atoms with Gasteiger partial charge in [-0.1, -0.05) is 26.7 Å². The van der Waals surface area contributed by atoms with Gasteiger partial charge in [-0.2, -0.15) is 0 Å². The number of hydrogen-bond donors (Lipinski definition) is 2. The first kappa shape index (κ1) is 15.5. The van der Waals surface area contributed by atoms with Crippen LogP contribution in [0, 0.1) is 12.8 Å². The van der Waals surface area contributed by atoms with Gasteiger partial charge in [0.2, 0.25) is 11.7 Å². The summed E-state index contributed by atoms with van der Waals surface area (Å²) in [6.07, 6.45) is 5.58. The fraction of sp³-hybridized carbons (Fsp3) is 0.667. The number of nitrogens with one attached hydrogen (secondary N) is 2. The lowest BCUT2D eigenvalue weighted by molar-refractivity contribution is -0.124. The van der Waals surface area contributed by atoms with Crippen LogP contribution in [0.3, 0.4) is 0 Å². The minimum atomic E-state index is -0.567. The smallest absolute Gasteiger partial charge is 0.289 e. The van der Waals surface area contributed by atoms with Gasteiger partial charge in [-0.05, 0) is 25.7 Å². The fourth-order valence-electron chi connectivity index (χ4n) is 2.62. The van der Waals surface area contributed by atoms with Gasteiger partial charge in [0.15, 0.2) is 6.39 Å². The molecular weight excluding hydrogens is 270 g/mol. The summed E-state index contributed by atoms with van der Waals surface area (Å²) in [6, 6.07) is -0.328. The lowest BCUT2D eigenvalue weighted by atomic mass is 10.0. The Morgan fingerprint density at radius 2 is 2.00 bits per heavy atom. The number of oxazole rings is 1. The summed E-state index contributed by atoms with van der Waals surface area (Å²) in [5, 5.41) is 5.77. The lowest BCUT2D eigenvalue weighted by Crippen LogP contribution is -2.51. The Kier molecular flexibility index (Phi) is 4.98. The molecule has 0 bridgehead atoms. The normalized spacial score (nSPS) is 17.0. The molecule has 21 heavy (non-hydrogen) atoms. The van der Waals surface area contributed by atoms with Gasteiger partial charge in [-0.3, -0.25) is 9.59 Å². The molecule has 1 aliphatic rings. The molecule has 2 rings (SSSR count). The maximum atomic E-state index is 12.4. The van der Waals surface area contributed by atoms with Crippen LogP contribution in [0.4, 0.5) is 0 Å². The number of amides is 2. The van der Waals surface area contributed by atoms with E-state index in [9.17, 15) is 9.59 Å². The van der Waals surface area contributed by atoms with Crippen molar-refractivity contribution in [2.24, 2.45) is 5.92 Å². The van der Waals surface area contributed by atoms with E-state index in [4.69, 9.17) is 4.42 Å². The highest BCUT2D eigenvalue weighted by Crippen LogP contribution is 2.18. The van der Waals surface area contributed by atoms with Crippen molar-refractivity contribution >= 4 is 11.8 Å². The van der Waals surface area contributed by atoms with Crippen LogP contribution in [0.1, 0.15) is 55.8 Å². The second-order valence-corrected chi connectivity index (χ2v) is 5.95. The number of hydrogen-bond acceptors (Lipinski definition) is 4. The summed E-state index contributed by atoms with van der Waals surface area (Å²) in [4.78, 5) is 28.4. The lowest BCUT2D eigenvalue weighted by Gasteiger charge is -2.23. The molecule has 0 aromatic carbocycles. The number of rotatable bonds is 5. The van der Waals surface area contributed by atoms with Gasteiger partial charge in [0.05, 0.1) is 5.69 Å². The molecule has 0 aliphatic heterocycles. The van der Waals surface area contributed by atoms with E-state index < -0.39 is 11.9 Å². The van der Waals surface area contributed by atoms with Crippen molar-refractivity contribution in [3.8, 4) is 0 Å². The molecule has 1 heterocycles. The number of carbonyl (C=O) groups is 2. The van der Waals surface area contributed by atoms with Crippen molar-refractivity contribution in [2.45, 2.75) is 58.5 Å². The molecule has 1 unspecified atom stereocenters. The van der Waals surface area contributed by atoms with Crippen LogP contribution in [0.5, 0.6) is 0 Å². The van der Waals surface area contributed by atoms with Crippen LogP contribution in [0.25, 0.3) is 0 Å². The Bertz CT molecular complexity index is 504. The van der Waals surface area contributed by atoms with E-state index in [1.54, 1.807) is 6.92 Å². The molecule has 6 heteroatoms. The van der Waals surface area contributed by atoms with Crippen molar-refractivity contribution in [1.29, 1.82) is 0 Å². The van der Waals surface area contributed by atoms with Crippen LogP contribution in [0.15, 0.2) is 10.8 Å². The van der Waals surface area contributed by atoms with Crippen molar-refractivity contribution in [2.75, 3.05) is 0 Å². The SMILES string of the molecule is Cc1ncoc1C(=O)NC(C(=O)NC1CCCC1)C(C)C. The van der Waals surface area contributed by atoms with E-state index >= 15 is 0 Å². The first-order valence-electron chi connectivity index (χ1n) is 7.50. The van der Waals surface area contributed by atoms with Gasteiger partial charge in [0, 0.05) is 6.04 Å². The standard InChI is InChI=1S/C15H23N3O3/c1-9(2)12(14(19)17-11-6-4-5-7-11)18-15(20)13-10(3)16-8-21-13/h8-9,11-12H,4-7H2,1-3H3,(H,17,19)(H,18,20). The Balaban J connectivity index is 1.99. The molecule has 1 aromatic heterocycles. The van der Waals surface area contributed by atoms with Crippen molar-refractivity contribution < 1.29 is 14.0 Å². The van der Waals surface area contributed by atoms with Crippen molar-refractivity contribution in [3.63, 3.8) is 0 Å². The third-order valence-electron chi connectivity index (χ3n) is 3.89. The quantitative estimate of drug-likeness (QED) is 0.867. The Morgan fingerprint density at radius 3 is 2.52 bits per heavy atom. The molecule has 0 spiro atoms. The summed E-state index contributed by atoms with van der Waals surface area (Å²) in [7, 11) is 0. The second-order valence-electron chi connectivity index (χ2n) is 5.95. The number of carbonyl (C=O) groups excluding carboxylic acids is 2. The zero-order valence-electron chi connectivity index (χ0n) is 12.8. The van der Waals surface area contributed by atoms with Crippen LogP contribution in [-0.4, -0.2) is 28.9 Å². The predicted octanol–water partition coefficient (Wildman–Crippen LogP) is 1.80. The topological polar surface area (TPSA) is 84.2 Å². The molecule has 2 N–H and O–H groups in total. The average Bonchev–Trinajstić information content (AvgIpc) is 3.06. The van der Waals surface area contributed by atoms with Gasteiger partial charge >= 0.3 is 0 Å². The molecule has 1 fully saturated rings. The van der Waals surface area contributed by atoms with Crippen molar-refractivity contribution in [1.82, 2.24) is 15.6 Å². The van der Waals surface area contributed by atoms with Crippen LogP contribution < -0.4 is 10.6 Å². The maximum absolute atomic E-state index is 12.4. The summed E-state index contributed by atoms with van der Waals surface area (Å²) in [6.45, 7) is 5.51. The molecule has 0 radical (unpaired) electrons. The molecule has 1 saturated carbocycles. The van der Waals surface area contributed by atoms with E-state index in [-0.39, 0.29) is 23.6 Å². The largest absolute Gasteiger partial charge is 0.438 e. The second kappa shape index (κ2) is 6.74. The summed E-state index contributed by atoms with van der Waals surface area (Å²) in [5.74, 6) is -0.361. The van der Waals surface area contributed by atoms with E-state index in [1.165, 1.54) is 6.39 Å².